The second-order valence-electron chi connectivity index (χ2n) is 6.78. The number of rotatable bonds is 6. The van der Waals surface area contributed by atoms with Crippen LogP contribution in [0.5, 0.6) is 0 Å². The average Bonchev–Trinajstić information content (AvgIpc) is 3.09. The van der Waals surface area contributed by atoms with Crippen molar-refractivity contribution in [3.8, 4) is 0 Å². The Bertz CT molecular complexity index is 931. The Balaban J connectivity index is 1.56. The van der Waals surface area contributed by atoms with E-state index in [1.807, 2.05) is 0 Å². The number of hydrogen-bond acceptors (Lipinski definition) is 4. The van der Waals surface area contributed by atoms with Crippen LogP contribution in [0.3, 0.4) is 0 Å². The number of likely N-dealkylation sites (tertiary alicyclic amines) is 1. The van der Waals surface area contributed by atoms with Gasteiger partial charge in [-0.25, -0.2) is 4.79 Å². The predicted octanol–water partition coefficient (Wildman–Crippen LogP) is 4.30. The molecular weight excluding hydrogens is 415 g/mol. The molecule has 0 aliphatic carbocycles. The van der Waals surface area contributed by atoms with E-state index in [0.29, 0.717) is 34.3 Å². The number of hydrogen-bond donors (Lipinski definition) is 1. The molecule has 0 spiro atoms. The lowest BCUT2D eigenvalue weighted by molar-refractivity contribution is -0.128. The van der Waals surface area contributed by atoms with Gasteiger partial charge in [-0.3, -0.25) is 9.59 Å². The number of ether oxygens (including phenoxy) is 1. The van der Waals surface area contributed by atoms with Crippen molar-refractivity contribution in [3.05, 3.63) is 63.6 Å². The Morgan fingerprint density at radius 3 is 2.55 bits per heavy atom. The van der Waals surface area contributed by atoms with Crippen LogP contribution in [0.2, 0.25) is 10.0 Å². The van der Waals surface area contributed by atoms with Crippen molar-refractivity contribution in [2.24, 2.45) is 0 Å². The molecule has 3 rings (SSSR count). The molecule has 0 saturated carbocycles. The van der Waals surface area contributed by atoms with Crippen LogP contribution in [0.15, 0.2) is 42.5 Å². The van der Waals surface area contributed by atoms with Crippen molar-refractivity contribution < 1.29 is 19.1 Å². The molecule has 1 aliphatic rings. The molecule has 1 N–H and O–H groups in total. The fraction of sp³-hybridized carbons (Fsp3) is 0.286. The quantitative estimate of drug-likeness (QED) is 0.687. The zero-order valence-electron chi connectivity index (χ0n) is 15.8. The van der Waals surface area contributed by atoms with Crippen LogP contribution in [-0.4, -0.2) is 35.3 Å². The molecule has 2 aromatic rings. The Hall–Kier alpha value is -2.57. The minimum Gasteiger partial charge on any atom is -0.449 e. The summed E-state index contributed by atoms with van der Waals surface area (Å²) in [4.78, 5) is 38.1. The first-order chi connectivity index (χ1) is 13.8. The molecule has 29 heavy (non-hydrogen) atoms. The van der Waals surface area contributed by atoms with Gasteiger partial charge in [0.1, 0.15) is 0 Å². The van der Waals surface area contributed by atoms with E-state index in [2.05, 4.69) is 5.32 Å². The molecule has 1 fully saturated rings. The highest BCUT2D eigenvalue weighted by Gasteiger charge is 2.22. The minimum absolute atomic E-state index is 0.146. The molecule has 2 amide bonds. The second-order valence-corrected chi connectivity index (χ2v) is 7.62. The monoisotopic (exact) mass is 434 g/mol. The number of benzene rings is 2. The Morgan fingerprint density at radius 2 is 1.90 bits per heavy atom. The summed E-state index contributed by atoms with van der Waals surface area (Å²) in [6.45, 7) is 2.75. The fourth-order valence-electron chi connectivity index (χ4n) is 2.95. The SMILES string of the molecule is CC(OC(=O)c1ccc(CN2CCCC2=O)cc1)C(=O)Nc1cc(Cl)ccc1Cl. The molecule has 2 aromatic carbocycles. The number of carbonyl (C=O) groups excluding carboxylic acids is 3. The van der Waals surface area contributed by atoms with Gasteiger partial charge in [0.05, 0.1) is 16.3 Å². The lowest BCUT2D eigenvalue weighted by atomic mass is 10.1. The third-order valence-corrected chi connectivity index (χ3v) is 5.14. The third kappa shape index (κ3) is 5.49. The number of anilines is 1. The van der Waals surface area contributed by atoms with Gasteiger partial charge in [-0.1, -0.05) is 35.3 Å². The standard InChI is InChI=1S/C21H20Cl2N2O4/c1-13(20(27)24-18-11-16(22)8-9-17(18)23)29-21(28)15-6-4-14(5-7-15)12-25-10-2-3-19(25)26/h4-9,11,13H,2-3,10,12H2,1H3,(H,24,27). The van der Waals surface area contributed by atoms with Gasteiger partial charge < -0.3 is 15.0 Å². The Labute approximate surface area is 178 Å². The van der Waals surface area contributed by atoms with Gasteiger partial charge in [0.25, 0.3) is 5.91 Å². The van der Waals surface area contributed by atoms with Crippen molar-refractivity contribution in [1.82, 2.24) is 4.90 Å². The molecule has 6 nitrogen and oxygen atoms in total. The fourth-order valence-corrected chi connectivity index (χ4v) is 3.28. The second kappa shape index (κ2) is 9.29. The number of amides is 2. The van der Waals surface area contributed by atoms with E-state index in [9.17, 15) is 14.4 Å². The van der Waals surface area contributed by atoms with E-state index in [0.717, 1.165) is 18.5 Å². The molecule has 152 valence electrons. The van der Waals surface area contributed by atoms with Gasteiger partial charge in [0.2, 0.25) is 5.91 Å². The summed E-state index contributed by atoms with van der Waals surface area (Å²) >= 11 is 11.9. The summed E-state index contributed by atoms with van der Waals surface area (Å²) in [5.41, 5.74) is 1.59. The average molecular weight is 435 g/mol. The molecule has 1 saturated heterocycles. The summed E-state index contributed by atoms with van der Waals surface area (Å²) in [6.07, 6.45) is 0.438. The minimum atomic E-state index is -1.03. The van der Waals surface area contributed by atoms with Gasteiger partial charge in [-0.05, 0) is 49.2 Å². The topological polar surface area (TPSA) is 75.7 Å². The zero-order valence-corrected chi connectivity index (χ0v) is 17.3. The highest BCUT2D eigenvalue weighted by atomic mass is 35.5. The van der Waals surface area contributed by atoms with E-state index in [1.54, 1.807) is 41.3 Å². The highest BCUT2D eigenvalue weighted by molar-refractivity contribution is 6.35. The lowest BCUT2D eigenvalue weighted by Gasteiger charge is -2.16. The van der Waals surface area contributed by atoms with Crippen molar-refractivity contribution in [2.45, 2.75) is 32.4 Å². The van der Waals surface area contributed by atoms with Crippen LogP contribution >= 0.6 is 23.2 Å². The van der Waals surface area contributed by atoms with E-state index in [-0.39, 0.29) is 5.91 Å². The molecule has 0 radical (unpaired) electrons. The van der Waals surface area contributed by atoms with Gasteiger partial charge >= 0.3 is 5.97 Å². The number of nitrogens with one attached hydrogen (secondary N) is 1. The van der Waals surface area contributed by atoms with E-state index < -0.39 is 18.0 Å². The largest absolute Gasteiger partial charge is 0.449 e. The smallest absolute Gasteiger partial charge is 0.338 e. The van der Waals surface area contributed by atoms with E-state index in [4.69, 9.17) is 27.9 Å². The maximum Gasteiger partial charge on any atom is 0.338 e. The van der Waals surface area contributed by atoms with E-state index in [1.165, 1.54) is 13.0 Å². The summed E-state index contributed by atoms with van der Waals surface area (Å²) in [7, 11) is 0. The van der Waals surface area contributed by atoms with Crippen LogP contribution in [0.1, 0.15) is 35.7 Å². The van der Waals surface area contributed by atoms with Crippen LogP contribution in [0.4, 0.5) is 5.69 Å². The molecule has 0 bridgehead atoms. The normalized spacial score (nSPS) is 14.6. The maximum absolute atomic E-state index is 12.3. The third-order valence-electron chi connectivity index (χ3n) is 4.57. The molecular formula is C21H20Cl2N2O4. The molecule has 1 unspecified atom stereocenters. The predicted molar refractivity (Wildman–Crippen MR) is 111 cm³/mol. The number of carbonyl (C=O) groups is 3. The Morgan fingerprint density at radius 1 is 1.17 bits per heavy atom. The first kappa shape index (κ1) is 21.1. The van der Waals surface area contributed by atoms with E-state index >= 15 is 0 Å². The first-order valence-corrected chi connectivity index (χ1v) is 9.92. The summed E-state index contributed by atoms with van der Waals surface area (Å²) in [6, 6.07) is 11.5. The lowest BCUT2D eigenvalue weighted by Crippen LogP contribution is -2.30. The number of esters is 1. The number of halogens is 2. The van der Waals surface area contributed by atoms with Crippen LogP contribution < -0.4 is 5.32 Å². The first-order valence-electron chi connectivity index (χ1n) is 9.17. The summed E-state index contributed by atoms with van der Waals surface area (Å²) in [5, 5.41) is 3.34. The van der Waals surface area contributed by atoms with Gasteiger partial charge in [0, 0.05) is 24.5 Å². The number of nitrogens with zero attached hydrogens (tertiary/aromatic N) is 1. The van der Waals surface area contributed by atoms with Crippen LogP contribution in [0, 0.1) is 0 Å². The van der Waals surface area contributed by atoms with Crippen LogP contribution in [-0.2, 0) is 20.9 Å². The maximum atomic E-state index is 12.3. The van der Waals surface area contributed by atoms with Crippen molar-refractivity contribution in [1.29, 1.82) is 0 Å². The Kier molecular flexibility index (Phi) is 6.77. The van der Waals surface area contributed by atoms with Crippen molar-refractivity contribution in [3.63, 3.8) is 0 Å². The molecule has 1 atom stereocenters. The van der Waals surface area contributed by atoms with Gasteiger partial charge in [0.15, 0.2) is 6.10 Å². The van der Waals surface area contributed by atoms with Crippen molar-refractivity contribution >= 4 is 46.7 Å². The molecule has 1 heterocycles. The highest BCUT2D eigenvalue weighted by Crippen LogP contribution is 2.25. The van der Waals surface area contributed by atoms with Crippen LogP contribution in [0.25, 0.3) is 0 Å². The molecule has 0 aromatic heterocycles. The summed E-state index contributed by atoms with van der Waals surface area (Å²) in [5.74, 6) is -0.992. The summed E-state index contributed by atoms with van der Waals surface area (Å²) < 4.78 is 5.24. The van der Waals surface area contributed by atoms with Crippen molar-refractivity contribution in [2.75, 3.05) is 11.9 Å². The van der Waals surface area contributed by atoms with Gasteiger partial charge in [-0.15, -0.1) is 0 Å². The van der Waals surface area contributed by atoms with Gasteiger partial charge in [-0.2, -0.15) is 0 Å². The molecule has 8 heteroatoms. The molecule has 1 aliphatic heterocycles. The zero-order chi connectivity index (χ0) is 21.0.